The number of carbonyl (C=O) groups excluding carboxylic acids is 2. The number of aromatic nitrogens is 1. The first-order valence-corrected chi connectivity index (χ1v) is 16.5. The van der Waals surface area contributed by atoms with Crippen molar-refractivity contribution in [1.82, 2.24) is 19.7 Å². The van der Waals surface area contributed by atoms with Gasteiger partial charge in [-0.3, -0.25) is 14.4 Å². The Kier molecular flexibility index (Phi) is 9.97. The molecular weight excluding hydrogens is 556 g/mol. The number of benzene rings is 1. The van der Waals surface area contributed by atoms with Gasteiger partial charge >= 0.3 is 0 Å². The van der Waals surface area contributed by atoms with Gasteiger partial charge in [0.25, 0.3) is 11.5 Å². The van der Waals surface area contributed by atoms with Crippen molar-refractivity contribution >= 4 is 11.8 Å². The molecule has 0 radical (unpaired) electrons. The van der Waals surface area contributed by atoms with Gasteiger partial charge in [-0.1, -0.05) is 83.2 Å². The van der Waals surface area contributed by atoms with E-state index in [-0.39, 0.29) is 42.5 Å². The maximum atomic E-state index is 14.0. The zero-order chi connectivity index (χ0) is 31.5. The molecule has 3 unspecified atom stereocenters. The zero-order valence-corrected chi connectivity index (χ0v) is 26.6. The van der Waals surface area contributed by atoms with Crippen LogP contribution in [0.5, 0.6) is 0 Å². The first kappa shape index (κ1) is 32.4. The van der Waals surface area contributed by atoms with Crippen LogP contribution >= 0.6 is 0 Å². The summed E-state index contributed by atoms with van der Waals surface area (Å²) in [5, 5.41) is 25.3. The van der Waals surface area contributed by atoms with Gasteiger partial charge in [-0.15, -0.1) is 0 Å². The Morgan fingerprint density at radius 1 is 1.09 bits per heavy atom. The van der Waals surface area contributed by atoms with Crippen molar-refractivity contribution in [3.63, 3.8) is 0 Å². The molecule has 2 aliphatic heterocycles. The molecule has 3 fully saturated rings. The van der Waals surface area contributed by atoms with Crippen LogP contribution in [-0.2, 0) is 11.3 Å². The van der Waals surface area contributed by atoms with Crippen molar-refractivity contribution in [2.75, 3.05) is 39.3 Å². The van der Waals surface area contributed by atoms with Gasteiger partial charge in [-0.05, 0) is 24.3 Å². The molecule has 2 saturated heterocycles. The van der Waals surface area contributed by atoms with Crippen LogP contribution in [0.2, 0.25) is 0 Å². The third kappa shape index (κ3) is 6.80. The number of pyridine rings is 1. The third-order valence-electron chi connectivity index (χ3n) is 10.5. The lowest BCUT2D eigenvalue weighted by atomic mass is 9.69. The van der Waals surface area contributed by atoms with E-state index in [1.807, 2.05) is 56.0 Å². The van der Waals surface area contributed by atoms with E-state index >= 15 is 0 Å². The van der Waals surface area contributed by atoms with Crippen LogP contribution in [0.25, 0.3) is 11.1 Å². The fourth-order valence-corrected chi connectivity index (χ4v) is 7.53. The largest absolute Gasteiger partial charge is 0.394 e. The van der Waals surface area contributed by atoms with Gasteiger partial charge in [0.05, 0.1) is 30.4 Å². The second-order valence-corrected chi connectivity index (χ2v) is 14.0. The van der Waals surface area contributed by atoms with Crippen molar-refractivity contribution < 1.29 is 19.8 Å². The molecule has 2 aromatic rings. The van der Waals surface area contributed by atoms with Crippen molar-refractivity contribution in [2.45, 2.75) is 83.9 Å². The normalized spacial score (nSPS) is 25.1. The number of rotatable bonds is 8. The molecule has 9 nitrogen and oxygen atoms in total. The minimum absolute atomic E-state index is 0.0127. The van der Waals surface area contributed by atoms with Crippen LogP contribution < -0.4 is 10.9 Å². The summed E-state index contributed by atoms with van der Waals surface area (Å²) in [6.07, 6.45) is 9.07. The maximum absolute atomic E-state index is 14.0. The average molecular weight is 607 g/mol. The maximum Gasteiger partial charge on any atom is 0.256 e. The van der Waals surface area contributed by atoms with E-state index in [1.165, 1.54) is 42.7 Å². The highest BCUT2D eigenvalue weighted by molar-refractivity contribution is 6.00. The van der Waals surface area contributed by atoms with E-state index in [0.29, 0.717) is 56.2 Å². The summed E-state index contributed by atoms with van der Waals surface area (Å²) in [7, 11) is 0. The molecule has 1 aromatic heterocycles. The SMILES string of the molecule is CC(CC1CCCCC1)C(=O)N1CCC(O)(Cn2cc(C(=O)N3CCNCC3CO)c(-c3ccccc3)cc2=O)C(C)(C)C1. The average Bonchev–Trinajstić information content (AvgIpc) is 3.03. The zero-order valence-electron chi connectivity index (χ0n) is 26.6. The van der Waals surface area contributed by atoms with Crippen molar-refractivity contribution in [1.29, 1.82) is 0 Å². The lowest BCUT2D eigenvalue weighted by molar-refractivity contribution is -0.157. The second-order valence-electron chi connectivity index (χ2n) is 14.0. The van der Waals surface area contributed by atoms with Gasteiger partial charge in [0.2, 0.25) is 5.91 Å². The molecule has 3 atom stereocenters. The first-order chi connectivity index (χ1) is 21.0. The summed E-state index contributed by atoms with van der Waals surface area (Å²) >= 11 is 0. The second kappa shape index (κ2) is 13.5. The molecule has 1 saturated carbocycles. The Balaban J connectivity index is 1.39. The predicted molar refractivity (Wildman–Crippen MR) is 171 cm³/mol. The Morgan fingerprint density at radius 2 is 1.82 bits per heavy atom. The Labute approximate surface area is 261 Å². The Bertz CT molecular complexity index is 1370. The number of piperazine rings is 1. The number of amides is 2. The molecule has 9 heteroatoms. The number of nitrogens with zero attached hydrogens (tertiary/aromatic N) is 3. The van der Waals surface area contributed by atoms with E-state index in [4.69, 9.17) is 0 Å². The lowest BCUT2D eigenvalue weighted by Crippen LogP contribution is -2.61. The summed E-state index contributed by atoms with van der Waals surface area (Å²) in [6, 6.07) is 10.5. The molecular formula is C35H50N4O5. The Morgan fingerprint density at radius 3 is 2.50 bits per heavy atom. The van der Waals surface area contributed by atoms with E-state index in [0.717, 1.165) is 12.0 Å². The molecule has 2 amide bonds. The first-order valence-electron chi connectivity index (χ1n) is 16.5. The molecule has 3 N–H and O–H groups in total. The summed E-state index contributed by atoms with van der Waals surface area (Å²) in [5.74, 6) is 0.470. The smallest absolute Gasteiger partial charge is 0.256 e. The number of hydrogen-bond acceptors (Lipinski definition) is 6. The molecule has 5 rings (SSSR count). The lowest BCUT2D eigenvalue weighted by Gasteiger charge is -2.51. The number of likely N-dealkylation sites (tertiary alicyclic amines) is 1. The van der Waals surface area contributed by atoms with Gasteiger partial charge in [0, 0.05) is 61.9 Å². The summed E-state index contributed by atoms with van der Waals surface area (Å²) in [6.45, 7) is 8.18. The standard InChI is InChI=1S/C35H50N4O5/c1-25(18-26-10-6-4-7-11-26)32(42)37-16-14-35(44,34(2,3)23-37)24-38-21-30(33(43)39-17-15-36-20-28(39)22-40)29(19-31(38)41)27-12-8-5-9-13-27/h5,8-9,12-13,19,21,25-26,28,36,40,44H,4,6-7,10-11,14-18,20,22-24H2,1-3H3. The molecule has 1 aliphatic carbocycles. The quantitative estimate of drug-likeness (QED) is 0.424. The summed E-state index contributed by atoms with van der Waals surface area (Å²) < 4.78 is 1.46. The number of carbonyl (C=O) groups is 2. The minimum Gasteiger partial charge on any atom is -0.394 e. The predicted octanol–water partition coefficient (Wildman–Crippen LogP) is 3.52. The number of hydrogen-bond donors (Lipinski definition) is 3. The fraction of sp³-hybridized carbons (Fsp3) is 0.629. The number of aliphatic hydroxyl groups is 2. The highest BCUT2D eigenvalue weighted by Crippen LogP contribution is 2.41. The fourth-order valence-electron chi connectivity index (χ4n) is 7.53. The highest BCUT2D eigenvalue weighted by atomic mass is 16.3. The number of nitrogens with one attached hydrogen (secondary N) is 1. The van der Waals surface area contributed by atoms with Gasteiger partial charge in [-0.2, -0.15) is 0 Å². The molecule has 0 spiro atoms. The van der Waals surface area contributed by atoms with Gasteiger partial charge < -0.3 is 29.9 Å². The third-order valence-corrected chi connectivity index (χ3v) is 10.5. The molecule has 1 aromatic carbocycles. The summed E-state index contributed by atoms with van der Waals surface area (Å²) in [4.78, 5) is 44.7. The van der Waals surface area contributed by atoms with Crippen molar-refractivity contribution in [2.24, 2.45) is 17.3 Å². The minimum atomic E-state index is -1.27. The van der Waals surface area contributed by atoms with Gasteiger partial charge in [0.1, 0.15) is 0 Å². The van der Waals surface area contributed by atoms with Crippen LogP contribution in [0, 0.1) is 17.3 Å². The summed E-state index contributed by atoms with van der Waals surface area (Å²) in [5.41, 5.74) is -0.606. The number of aliphatic hydroxyl groups excluding tert-OH is 1. The van der Waals surface area contributed by atoms with E-state index in [2.05, 4.69) is 5.32 Å². The van der Waals surface area contributed by atoms with Crippen LogP contribution in [0.3, 0.4) is 0 Å². The van der Waals surface area contributed by atoms with Crippen LogP contribution in [0.15, 0.2) is 47.4 Å². The Hall–Kier alpha value is -3.01. The van der Waals surface area contributed by atoms with Crippen molar-refractivity contribution in [3.05, 3.63) is 58.5 Å². The van der Waals surface area contributed by atoms with Crippen molar-refractivity contribution in [3.8, 4) is 11.1 Å². The monoisotopic (exact) mass is 606 g/mol. The topological polar surface area (TPSA) is 115 Å². The van der Waals surface area contributed by atoms with Crippen LogP contribution in [-0.4, -0.2) is 87.4 Å². The molecule has 240 valence electrons. The number of piperidine rings is 1. The van der Waals surface area contributed by atoms with E-state index < -0.39 is 11.0 Å². The van der Waals surface area contributed by atoms with E-state index in [1.54, 1.807) is 11.1 Å². The highest BCUT2D eigenvalue weighted by Gasteiger charge is 2.49. The van der Waals surface area contributed by atoms with E-state index in [9.17, 15) is 24.6 Å². The van der Waals surface area contributed by atoms with Gasteiger partial charge in [0.15, 0.2) is 0 Å². The van der Waals surface area contributed by atoms with Crippen LogP contribution in [0.1, 0.15) is 76.1 Å². The molecule has 0 bridgehead atoms. The molecule has 3 aliphatic rings. The van der Waals surface area contributed by atoms with Crippen LogP contribution in [0.4, 0.5) is 0 Å². The molecule has 3 heterocycles. The molecule has 44 heavy (non-hydrogen) atoms. The van der Waals surface area contributed by atoms with Gasteiger partial charge in [-0.25, -0.2) is 0 Å².